The van der Waals surface area contributed by atoms with Crippen LogP contribution in [0.15, 0.2) is 134 Å². The van der Waals surface area contributed by atoms with Crippen molar-refractivity contribution in [2.24, 2.45) is 0 Å². The Bertz CT molecular complexity index is 1720. The Morgan fingerprint density at radius 3 is 0.765 bits per heavy atom. The standard InChI is InChI=1S/C75H124O6/c1-4-7-10-13-15-17-19-21-23-25-27-29-31-33-34-35-36-37-38-39-40-42-43-45-47-49-51-53-55-57-59-62-65-68-74(77)80-71-72(70-79-73(76)67-64-61-12-9-6-3)81-75(78)69-66-63-60-58-56-54-52-50-48-46-44-41-32-30-28-26-24-22-20-18-16-14-11-8-5-2/h7-8,10-11,15-18,21-24,27-30,41,44,48,50,54,56,72H,4-6,9,12-14,19-20,25-26,31-40,42-43,45-47,49,51-53,55,57-71H2,1-3H3/b10-7-,11-8-,17-15-,18-16-,23-21-,24-22-,29-27-,30-28-,44-41-,50-48-,56-54-. The van der Waals surface area contributed by atoms with Crippen LogP contribution in [0.3, 0.4) is 0 Å². The van der Waals surface area contributed by atoms with Crippen molar-refractivity contribution in [2.45, 2.75) is 309 Å². The van der Waals surface area contributed by atoms with Crippen molar-refractivity contribution in [1.29, 1.82) is 0 Å². The van der Waals surface area contributed by atoms with Gasteiger partial charge >= 0.3 is 17.9 Å². The number of hydrogen-bond acceptors (Lipinski definition) is 6. The monoisotopic (exact) mass is 1120 g/mol. The van der Waals surface area contributed by atoms with Crippen molar-refractivity contribution >= 4 is 17.9 Å². The lowest BCUT2D eigenvalue weighted by Gasteiger charge is -2.18. The number of carbonyl (C=O) groups excluding carboxylic acids is 3. The van der Waals surface area contributed by atoms with E-state index in [1.54, 1.807) is 0 Å². The highest BCUT2D eigenvalue weighted by Gasteiger charge is 2.19. The van der Waals surface area contributed by atoms with Gasteiger partial charge in [-0.15, -0.1) is 0 Å². The van der Waals surface area contributed by atoms with Crippen molar-refractivity contribution in [1.82, 2.24) is 0 Å². The Morgan fingerprint density at radius 1 is 0.259 bits per heavy atom. The van der Waals surface area contributed by atoms with Crippen LogP contribution in [0.5, 0.6) is 0 Å². The van der Waals surface area contributed by atoms with E-state index in [9.17, 15) is 14.4 Å². The van der Waals surface area contributed by atoms with Crippen LogP contribution < -0.4 is 0 Å². The van der Waals surface area contributed by atoms with Crippen molar-refractivity contribution in [3.63, 3.8) is 0 Å². The van der Waals surface area contributed by atoms with Gasteiger partial charge in [0.05, 0.1) is 0 Å². The van der Waals surface area contributed by atoms with Crippen LogP contribution in [0, 0.1) is 0 Å². The highest BCUT2D eigenvalue weighted by Crippen LogP contribution is 2.17. The molecule has 0 heterocycles. The molecule has 0 radical (unpaired) electrons. The topological polar surface area (TPSA) is 78.9 Å². The van der Waals surface area contributed by atoms with Gasteiger partial charge in [0.1, 0.15) is 13.2 Å². The van der Waals surface area contributed by atoms with Crippen LogP contribution in [0.1, 0.15) is 303 Å². The third-order valence-corrected chi connectivity index (χ3v) is 14.2. The Kier molecular flexibility index (Phi) is 64.3. The van der Waals surface area contributed by atoms with E-state index in [0.717, 1.165) is 148 Å². The molecule has 0 aromatic rings. The van der Waals surface area contributed by atoms with Crippen molar-refractivity contribution in [3.8, 4) is 0 Å². The Labute approximate surface area is 500 Å². The molecule has 0 fully saturated rings. The summed E-state index contributed by atoms with van der Waals surface area (Å²) in [5.74, 6) is -0.935. The molecule has 0 N–H and O–H groups in total. The molecule has 0 aliphatic heterocycles. The molecule has 0 amide bonds. The number of allylic oxidation sites excluding steroid dienone is 22. The van der Waals surface area contributed by atoms with E-state index in [4.69, 9.17) is 14.2 Å². The van der Waals surface area contributed by atoms with Gasteiger partial charge in [0, 0.05) is 19.3 Å². The van der Waals surface area contributed by atoms with E-state index < -0.39 is 6.10 Å². The van der Waals surface area contributed by atoms with E-state index >= 15 is 0 Å². The van der Waals surface area contributed by atoms with Crippen molar-refractivity contribution < 1.29 is 28.6 Å². The Hall–Kier alpha value is -4.45. The average Bonchev–Trinajstić information content (AvgIpc) is 3.47. The van der Waals surface area contributed by atoms with Gasteiger partial charge in [0.15, 0.2) is 6.10 Å². The fourth-order valence-corrected chi connectivity index (χ4v) is 9.18. The quantitative estimate of drug-likeness (QED) is 0.0261. The first-order chi connectivity index (χ1) is 40.0. The van der Waals surface area contributed by atoms with Gasteiger partial charge in [-0.3, -0.25) is 14.4 Å². The van der Waals surface area contributed by atoms with Gasteiger partial charge in [-0.2, -0.15) is 0 Å². The van der Waals surface area contributed by atoms with Crippen LogP contribution >= 0.6 is 0 Å². The zero-order chi connectivity index (χ0) is 58.5. The summed E-state index contributed by atoms with van der Waals surface area (Å²) in [4.78, 5) is 38.0. The molecule has 0 aliphatic carbocycles. The molecule has 0 saturated carbocycles. The summed E-state index contributed by atoms with van der Waals surface area (Å²) in [7, 11) is 0. The summed E-state index contributed by atoms with van der Waals surface area (Å²) in [6.45, 7) is 6.31. The molecule has 81 heavy (non-hydrogen) atoms. The summed E-state index contributed by atoms with van der Waals surface area (Å²) < 4.78 is 16.8. The first kappa shape index (κ1) is 76.5. The highest BCUT2D eigenvalue weighted by molar-refractivity contribution is 5.71. The lowest BCUT2D eigenvalue weighted by molar-refractivity contribution is -0.167. The number of unbranched alkanes of at least 4 members (excludes halogenated alkanes) is 27. The normalized spacial score (nSPS) is 13.0. The zero-order valence-corrected chi connectivity index (χ0v) is 52.8. The molecule has 6 nitrogen and oxygen atoms in total. The molecule has 1 atom stereocenters. The smallest absolute Gasteiger partial charge is 0.306 e. The number of hydrogen-bond donors (Lipinski definition) is 0. The van der Waals surface area contributed by atoms with Gasteiger partial charge in [0.25, 0.3) is 0 Å². The first-order valence-electron chi connectivity index (χ1n) is 33.7. The molecular formula is C75H124O6. The van der Waals surface area contributed by atoms with E-state index in [2.05, 4.69) is 154 Å². The summed E-state index contributed by atoms with van der Waals surface area (Å²) in [6.07, 6.45) is 96.7. The number of ether oxygens (including phenoxy) is 3. The van der Waals surface area contributed by atoms with Gasteiger partial charge < -0.3 is 14.2 Å². The summed E-state index contributed by atoms with van der Waals surface area (Å²) >= 11 is 0. The lowest BCUT2D eigenvalue weighted by atomic mass is 10.0. The molecule has 0 aromatic heterocycles. The number of carbonyl (C=O) groups is 3. The second-order valence-electron chi connectivity index (χ2n) is 22.0. The zero-order valence-electron chi connectivity index (χ0n) is 52.8. The van der Waals surface area contributed by atoms with E-state index in [1.165, 1.54) is 116 Å². The van der Waals surface area contributed by atoms with Crippen molar-refractivity contribution in [2.75, 3.05) is 13.2 Å². The minimum atomic E-state index is -0.795. The van der Waals surface area contributed by atoms with Gasteiger partial charge in [-0.1, -0.05) is 302 Å². The van der Waals surface area contributed by atoms with Gasteiger partial charge in [0.2, 0.25) is 0 Å². The maximum absolute atomic E-state index is 12.8. The Balaban J connectivity index is 4.04. The molecule has 0 aliphatic rings. The summed E-state index contributed by atoms with van der Waals surface area (Å²) in [6, 6.07) is 0. The third kappa shape index (κ3) is 66.2. The highest BCUT2D eigenvalue weighted by atomic mass is 16.6. The van der Waals surface area contributed by atoms with Crippen LogP contribution in [-0.2, 0) is 28.6 Å². The van der Waals surface area contributed by atoms with Crippen LogP contribution in [0.25, 0.3) is 0 Å². The molecule has 460 valence electrons. The molecule has 0 bridgehead atoms. The molecule has 6 heteroatoms. The van der Waals surface area contributed by atoms with Crippen molar-refractivity contribution in [3.05, 3.63) is 134 Å². The molecular weight excluding hydrogens is 997 g/mol. The van der Waals surface area contributed by atoms with Gasteiger partial charge in [-0.05, 0) is 116 Å². The fraction of sp³-hybridized carbons (Fsp3) is 0.667. The van der Waals surface area contributed by atoms with Gasteiger partial charge in [-0.25, -0.2) is 0 Å². The lowest BCUT2D eigenvalue weighted by Crippen LogP contribution is -2.30. The van der Waals surface area contributed by atoms with Crippen LogP contribution in [0.4, 0.5) is 0 Å². The summed E-state index contributed by atoms with van der Waals surface area (Å²) in [5, 5.41) is 0. The van der Waals surface area contributed by atoms with E-state index in [1.807, 2.05) is 0 Å². The number of esters is 3. The second kappa shape index (κ2) is 68.1. The minimum Gasteiger partial charge on any atom is -0.462 e. The largest absolute Gasteiger partial charge is 0.462 e. The molecule has 0 aromatic carbocycles. The SMILES string of the molecule is CC/C=C\C/C=C\C/C=C\C/C=C\C/C=C\C/C=C\C/C=C\CCCCCC(=O)OC(COC(=O)CCCCCCC)COC(=O)CCCCCCCCCCCCCCCCCCCCCC/C=C\C/C=C\C/C=C\C/C=C\CC. The van der Waals surface area contributed by atoms with Crippen LogP contribution in [-0.4, -0.2) is 37.2 Å². The number of rotatable bonds is 60. The molecule has 0 rings (SSSR count). The van der Waals surface area contributed by atoms with E-state index in [0.29, 0.717) is 12.8 Å². The molecule has 0 spiro atoms. The second-order valence-corrected chi connectivity index (χ2v) is 22.0. The maximum atomic E-state index is 12.8. The maximum Gasteiger partial charge on any atom is 0.306 e. The molecule has 1 unspecified atom stereocenters. The molecule has 0 saturated heterocycles. The predicted molar refractivity (Wildman–Crippen MR) is 353 cm³/mol. The summed E-state index contributed by atoms with van der Waals surface area (Å²) in [5.41, 5.74) is 0. The van der Waals surface area contributed by atoms with E-state index in [-0.39, 0.29) is 37.5 Å². The van der Waals surface area contributed by atoms with Crippen LogP contribution in [0.2, 0.25) is 0 Å². The predicted octanol–water partition coefficient (Wildman–Crippen LogP) is 23.3. The Morgan fingerprint density at radius 2 is 0.481 bits per heavy atom. The third-order valence-electron chi connectivity index (χ3n) is 14.2. The minimum absolute atomic E-state index is 0.0921. The fourth-order valence-electron chi connectivity index (χ4n) is 9.18. The first-order valence-corrected chi connectivity index (χ1v) is 33.7. The average molecular weight is 1120 g/mol.